The average Bonchev–Trinajstić information content (AvgIpc) is 2.83. The van der Waals surface area contributed by atoms with Crippen LogP contribution in [0.2, 0.25) is 0 Å². The zero-order valence-corrected chi connectivity index (χ0v) is 19.2. The number of aliphatic hydroxyl groups excluding tert-OH is 1. The van der Waals surface area contributed by atoms with Gasteiger partial charge in [0, 0.05) is 6.61 Å². The Bertz CT molecular complexity index is 809. The van der Waals surface area contributed by atoms with Crippen LogP contribution < -0.4 is 0 Å². The maximum absolute atomic E-state index is 12.6. The van der Waals surface area contributed by atoms with E-state index in [9.17, 15) is 9.50 Å². The van der Waals surface area contributed by atoms with Gasteiger partial charge in [0.1, 0.15) is 6.67 Å². The zero-order valence-electron chi connectivity index (χ0n) is 19.2. The molecule has 3 aromatic rings. The van der Waals surface area contributed by atoms with Gasteiger partial charge in [-0.15, -0.1) is 0 Å². The van der Waals surface area contributed by atoms with Gasteiger partial charge in [0.15, 0.2) is 0 Å². The van der Waals surface area contributed by atoms with E-state index >= 15 is 0 Å². The Morgan fingerprint density at radius 2 is 1.35 bits per heavy atom. The molecule has 3 aromatic carbocycles. The summed E-state index contributed by atoms with van der Waals surface area (Å²) in [4.78, 5) is 0. The van der Waals surface area contributed by atoms with Gasteiger partial charge in [0.05, 0.1) is 12.2 Å². The van der Waals surface area contributed by atoms with Gasteiger partial charge in [0.2, 0.25) is 0 Å². The third kappa shape index (κ3) is 8.96. The predicted octanol–water partition coefficient (Wildman–Crippen LogP) is 7.86. The first kappa shape index (κ1) is 25.3. The summed E-state index contributed by atoms with van der Waals surface area (Å²) in [6, 6.07) is 21.4. The molecule has 2 atom stereocenters. The first-order valence-corrected chi connectivity index (χ1v) is 11.9. The molecule has 3 rings (SSSR count). The molecule has 3 heteroatoms. The molecule has 0 radical (unpaired) electrons. The number of unbranched alkanes of at least 4 members (excludes halogenated alkanes) is 3. The van der Waals surface area contributed by atoms with Crippen LogP contribution in [0.25, 0.3) is 21.5 Å². The molecule has 0 spiro atoms. The molecule has 0 aliphatic rings. The number of aliphatic hydroxyl groups is 1. The van der Waals surface area contributed by atoms with Crippen LogP contribution in [-0.2, 0) is 4.74 Å². The molecule has 2 unspecified atom stereocenters. The van der Waals surface area contributed by atoms with Crippen LogP contribution in [0.3, 0.4) is 0 Å². The van der Waals surface area contributed by atoms with Crippen molar-refractivity contribution in [2.45, 2.75) is 77.4 Å². The number of alkyl halides is 1. The molecule has 0 bridgehead atoms. The normalized spacial score (nSPS) is 13.0. The van der Waals surface area contributed by atoms with Gasteiger partial charge in [-0.2, -0.15) is 0 Å². The number of rotatable bonds is 12. The van der Waals surface area contributed by atoms with Crippen molar-refractivity contribution in [1.82, 2.24) is 0 Å². The van der Waals surface area contributed by atoms with Crippen LogP contribution >= 0.6 is 0 Å². The van der Waals surface area contributed by atoms with E-state index in [0.29, 0.717) is 6.61 Å². The maximum Gasteiger partial charge on any atom is 0.116 e. The molecular formula is C28H39FO2. The molecule has 2 nitrogen and oxygen atoms in total. The van der Waals surface area contributed by atoms with Crippen molar-refractivity contribution in [2.24, 2.45) is 0 Å². The third-order valence-electron chi connectivity index (χ3n) is 5.71. The standard InChI is InChI=1S/C14H29FO2.C14H10/c1-3-5-8-11-17-14(12-15)10-7-6-9-13(16)4-2;1-3-7-13-11(5-1)9-10-12-6-2-4-8-14(12)13/h13-14,16H,3-12H2,1-2H3;1-10H. The van der Waals surface area contributed by atoms with Crippen LogP contribution in [0.5, 0.6) is 0 Å². The van der Waals surface area contributed by atoms with E-state index in [1.807, 2.05) is 6.92 Å². The van der Waals surface area contributed by atoms with E-state index in [0.717, 1.165) is 44.9 Å². The van der Waals surface area contributed by atoms with Crippen LogP contribution in [0.15, 0.2) is 60.7 Å². The maximum atomic E-state index is 12.6. The Kier molecular flexibility index (Phi) is 12.2. The first-order valence-electron chi connectivity index (χ1n) is 11.9. The molecule has 170 valence electrons. The molecule has 0 fully saturated rings. The van der Waals surface area contributed by atoms with Gasteiger partial charge >= 0.3 is 0 Å². The molecule has 0 aliphatic carbocycles. The minimum Gasteiger partial charge on any atom is -0.393 e. The Balaban J connectivity index is 0.000000222. The highest BCUT2D eigenvalue weighted by atomic mass is 19.1. The predicted molar refractivity (Wildman–Crippen MR) is 131 cm³/mol. The van der Waals surface area contributed by atoms with E-state index in [-0.39, 0.29) is 18.9 Å². The van der Waals surface area contributed by atoms with Crippen molar-refractivity contribution in [3.63, 3.8) is 0 Å². The monoisotopic (exact) mass is 426 g/mol. The molecule has 0 aromatic heterocycles. The molecule has 0 heterocycles. The number of halogens is 1. The lowest BCUT2D eigenvalue weighted by Crippen LogP contribution is -2.16. The van der Waals surface area contributed by atoms with Crippen molar-refractivity contribution < 1.29 is 14.2 Å². The van der Waals surface area contributed by atoms with Gasteiger partial charge in [0.25, 0.3) is 0 Å². The summed E-state index contributed by atoms with van der Waals surface area (Å²) in [5, 5.41) is 14.7. The molecule has 31 heavy (non-hydrogen) atoms. The Morgan fingerprint density at radius 1 is 0.774 bits per heavy atom. The van der Waals surface area contributed by atoms with Crippen molar-refractivity contribution >= 4 is 21.5 Å². The topological polar surface area (TPSA) is 29.5 Å². The fraction of sp³-hybridized carbons (Fsp3) is 0.500. The van der Waals surface area contributed by atoms with Gasteiger partial charge in [-0.05, 0) is 47.2 Å². The largest absolute Gasteiger partial charge is 0.393 e. The van der Waals surface area contributed by atoms with E-state index < -0.39 is 0 Å². The SMILES string of the molecule is CCCCCOC(CF)CCCCC(O)CC.c1ccc2c(c1)ccc1ccccc12. The number of ether oxygens (including phenoxy) is 1. The van der Waals surface area contributed by atoms with Gasteiger partial charge in [-0.3, -0.25) is 0 Å². The number of hydrogen-bond donors (Lipinski definition) is 1. The van der Waals surface area contributed by atoms with Crippen LogP contribution in [0.1, 0.15) is 65.2 Å². The van der Waals surface area contributed by atoms with Crippen LogP contribution in [0.4, 0.5) is 4.39 Å². The van der Waals surface area contributed by atoms with Crippen LogP contribution in [-0.4, -0.2) is 30.6 Å². The van der Waals surface area contributed by atoms with Crippen molar-refractivity contribution in [1.29, 1.82) is 0 Å². The smallest absolute Gasteiger partial charge is 0.116 e. The fourth-order valence-corrected chi connectivity index (χ4v) is 3.72. The number of benzene rings is 3. The zero-order chi connectivity index (χ0) is 22.3. The summed E-state index contributed by atoms with van der Waals surface area (Å²) in [7, 11) is 0. The fourth-order valence-electron chi connectivity index (χ4n) is 3.72. The van der Waals surface area contributed by atoms with E-state index in [2.05, 4.69) is 67.6 Å². The second kappa shape index (κ2) is 14.9. The van der Waals surface area contributed by atoms with E-state index in [1.54, 1.807) is 0 Å². The summed E-state index contributed by atoms with van der Waals surface area (Å²) < 4.78 is 18.1. The quantitative estimate of drug-likeness (QED) is 0.236. The van der Waals surface area contributed by atoms with Crippen LogP contribution in [0, 0.1) is 0 Å². The third-order valence-corrected chi connectivity index (χ3v) is 5.71. The van der Waals surface area contributed by atoms with Gasteiger partial charge < -0.3 is 9.84 Å². The first-order chi connectivity index (χ1) is 15.2. The summed E-state index contributed by atoms with van der Waals surface area (Å²) in [5.74, 6) is 0. The highest BCUT2D eigenvalue weighted by Gasteiger charge is 2.09. The summed E-state index contributed by atoms with van der Waals surface area (Å²) >= 11 is 0. The van der Waals surface area contributed by atoms with Gasteiger partial charge in [-0.1, -0.05) is 100 Å². The lowest BCUT2D eigenvalue weighted by molar-refractivity contribution is 0.0261. The second-order valence-electron chi connectivity index (χ2n) is 8.21. The second-order valence-corrected chi connectivity index (χ2v) is 8.21. The van der Waals surface area contributed by atoms with Crippen molar-refractivity contribution in [3.8, 4) is 0 Å². The molecule has 0 saturated carbocycles. The molecular weight excluding hydrogens is 387 g/mol. The molecule has 1 N–H and O–H groups in total. The lowest BCUT2D eigenvalue weighted by Gasteiger charge is -2.14. The minimum atomic E-state index is -0.386. The van der Waals surface area contributed by atoms with Gasteiger partial charge in [-0.25, -0.2) is 4.39 Å². The number of hydrogen-bond acceptors (Lipinski definition) is 2. The Labute approximate surface area is 187 Å². The molecule has 0 saturated heterocycles. The van der Waals surface area contributed by atoms with E-state index in [4.69, 9.17) is 4.74 Å². The highest BCUT2D eigenvalue weighted by Crippen LogP contribution is 2.24. The summed E-state index contributed by atoms with van der Waals surface area (Å²) in [6.45, 7) is 4.42. The average molecular weight is 427 g/mol. The van der Waals surface area contributed by atoms with Crippen molar-refractivity contribution in [2.75, 3.05) is 13.3 Å². The van der Waals surface area contributed by atoms with Crippen molar-refractivity contribution in [3.05, 3.63) is 60.7 Å². The minimum absolute atomic E-state index is 0.190. The molecule has 0 amide bonds. The summed E-state index contributed by atoms with van der Waals surface area (Å²) in [5.41, 5.74) is 0. The summed E-state index contributed by atoms with van der Waals surface area (Å²) in [6.07, 6.45) is 7.24. The Morgan fingerprint density at radius 3 is 1.90 bits per heavy atom. The highest BCUT2D eigenvalue weighted by molar-refractivity contribution is 6.07. The molecule has 0 aliphatic heterocycles. The lowest BCUT2D eigenvalue weighted by atomic mass is 10.0. The number of fused-ring (bicyclic) bond motifs is 3. The Hall–Kier alpha value is -1.97. The van der Waals surface area contributed by atoms with E-state index in [1.165, 1.54) is 28.0 Å².